The molecule has 0 N–H and O–H groups in total. The Bertz CT molecular complexity index is 2460. The molecule has 3 aromatic heterocycles. The van der Waals surface area contributed by atoms with Gasteiger partial charge in [0.2, 0.25) is 0 Å². The Labute approximate surface area is 241 Å². The fourth-order valence-electron chi connectivity index (χ4n) is 6.19. The minimum Gasteiger partial charge on any atom is -0.300 e. The molecule has 0 aliphatic heterocycles. The van der Waals surface area contributed by atoms with Gasteiger partial charge in [-0.05, 0) is 58.1 Å². The van der Waals surface area contributed by atoms with Crippen LogP contribution in [-0.2, 0) is 0 Å². The fourth-order valence-corrected chi connectivity index (χ4v) is 7.20. The molecule has 3 heteroatoms. The predicted octanol–water partition coefficient (Wildman–Crippen LogP) is 8.99. The Hall–Kier alpha value is -4.99. The normalized spacial score (nSPS) is 12.9. The molecule has 0 saturated heterocycles. The van der Waals surface area contributed by atoms with Crippen LogP contribution in [0, 0.1) is 0 Å². The van der Waals surface area contributed by atoms with Gasteiger partial charge < -0.3 is 0 Å². The summed E-state index contributed by atoms with van der Waals surface area (Å²) in [6, 6.07) is 39.2. The quantitative estimate of drug-likeness (QED) is 0.204. The van der Waals surface area contributed by atoms with Crippen LogP contribution in [0.4, 0.5) is 0 Å². The number of thiophene rings is 1. The molecule has 0 spiro atoms. The molecule has 41 heavy (non-hydrogen) atoms. The first-order chi connectivity index (χ1) is 20.2. The number of pyridine rings is 1. The summed E-state index contributed by atoms with van der Waals surface area (Å²) in [6.07, 6.45) is 6.18. The summed E-state index contributed by atoms with van der Waals surface area (Å²) in [5.74, 6) is 0. The van der Waals surface area contributed by atoms with E-state index >= 15 is 0 Å². The first kappa shape index (κ1) is 23.9. The summed E-state index contributed by atoms with van der Waals surface area (Å²) in [5.41, 5.74) is 4.68. The zero-order valence-corrected chi connectivity index (χ0v) is 23.5. The largest absolute Gasteiger partial charge is 0.300 e. The van der Waals surface area contributed by atoms with Crippen LogP contribution in [0.15, 0.2) is 121 Å². The lowest BCUT2D eigenvalue weighted by Crippen LogP contribution is -2.23. The van der Waals surface area contributed by atoms with Crippen molar-refractivity contribution in [2.24, 2.45) is 0 Å². The third kappa shape index (κ3) is 3.67. The minimum absolute atomic E-state index is 0.955. The van der Waals surface area contributed by atoms with E-state index in [2.05, 4.69) is 138 Å². The van der Waals surface area contributed by atoms with Gasteiger partial charge in [0.1, 0.15) is 5.00 Å². The first-order valence-electron chi connectivity index (χ1n) is 13.8. The molecule has 0 fully saturated rings. The van der Waals surface area contributed by atoms with Gasteiger partial charge in [0.05, 0.1) is 16.6 Å². The van der Waals surface area contributed by atoms with Crippen molar-refractivity contribution in [2.45, 2.75) is 6.92 Å². The molecule has 0 amide bonds. The van der Waals surface area contributed by atoms with Gasteiger partial charge in [0.25, 0.3) is 0 Å². The Morgan fingerprint density at radius 1 is 0.732 bits per heavy atom. The number of para-hydroxylation sites is 1. The van der Waals surface area contributed by atoms with Crippen molar-refractivity contribution < 1.29 is 0 Å². The first-order valence-corrected chi connectivity index (χ1v) is 14.7. The second kappa shape index (κ2) is 9.29. The molecule has 0 bridgehead atoms. The molecule has 0 aliphatic carbocycles. The van der Waals surface area contributed by atoms with Crippen LogP contribution in [0.3, 0.4) is 0 Å². The predicted molar refractivity (Wildman–Crippen MR) is 178 cm³/mol. The van der Waals surface area contributed by atoms with Crippen molar-refractivity contribution in [3.05, 3.63) is 137 Å². The summed E-state index contributed by atoms with van der Waals surface area (Å²) < 4.78 is 2.47. The zero-order valence-electron chi connectivity index (χ0n) is 22.6. The number of hydrogen-bond acceptors (Lipinski definition) is 2. The molecule has 8 aromatic rings. The number of allylic oxidation sites excluding steroid dienone is 2. The SMILES string of the molecule is C=c1/c(=C\C=C(/C)c2ccc(-n3c4ccccc4c4c5ccccc5c5ccccc5c43)s2)ccc2cccnc12. The minimum atomic E-state index is 0.955. The van der Waals surface area contributed by atoms with Gasteiger partial charge in [-0.1, -0.05) is 104 Å². The average molecular weight is 543 g/mol. The maximum atomic E-state index is 4.54. The van der Waals surface area contributed by atoms with Gasteiger partial charge in [-0.3, -0.25) is 9.55 Å². The Kier molecular flexibility index (Phi) is 5.41. The zero-order chi connectivity index (χ0) is 27.5. The van der Waals surface area contributed by atoms with E-state index in [1.165, 1.54) is 58.8 Å². The van der Waals surface area contributed by atoms with Crippen LogP contribution < -0.4 is 10.4 Å². The van der Waals surface area contributed by atoms with E-state index in [4.69, 9.17) is 0 Å². The molecule has 0 unspecified atom stereocenters. The average Bonchev–Trinajstić information content (AvgIpc) is 3.64. The topological polar surface area (TPSA) is 17.8 Å². The summed E-state index contributed by atoms with van der Waals surface area (Å²) in [5, 5.41) is 12.2. The number of nitrogens with zero attached hydrogens (tertiary/aromatic N) is 2. The van der Waals surface area contributed by atoms with Crippen molar-refractivity contribution >= 4 is 83.8 Å². The Balaban J connectivity index is 1.34. The van der Waals surface area contributed by atoms with Crippen molar-refractivity contribution in [2.75, 3.05) is 0 Å². The van der Waals surface area contributed by atoms with E-state index in [1.807, 2.05) is 23.6 Å². The summed E-state index contributed by atoms with van der Waals surface area (Å²) in [7, 11) is 0. The van der Waals surface area contributed by atoms with Crippen LogP contribution in [0.2, 0.25) is 0 Å². The Morgan fingerprint density at radius 2 is 1.44 bits per heavy atom. The van der Waals surface area contributed by atoms with Crippen molar-refractivity contribution in [1.29, 1.82) is 0 Å². The highest BCUT2D eigenvalue weighted by molar-refractivity contribution is 7.15. The molecule has 0 radical (unpaired) electrons. The van der Waals surface area contributed by atoms with Crippen LogP contribution in [0.25, 0.3) is 77.5 Å². The van der Waals surface area contributed by atoms with Gasteiger partial charge in [-0.15, -0.1) is 11.3 Å². The molecular weight excluding hydrogens is 516 g/mol. The van der Waals surface area contributed by atoms with Crippen LogP contribution in [-0.4, -0.2) is 9.55 Å². The van der Waals surface area contributed by atoms with Crippen LogP contribution in [0.5, 0.6) is 0 Å². The molecular formula is C38H26N2S. The number of benzene rings is 5. The van der Waals surface area contributed by atoms with Gasteiger partial charge in [-0.2, -0.15) is 0 Å². The standard InChI is InChI=1S/C38H26N2S/c1-24(17-18-26-19-20-27-10-9-23-39-37(27)25(26)2)34-21-22-35(41-34)40-33-16-8-7-15-32(33)36-30-13-5-3-11-28(30)29-12-4-6-14-31(29)38(36)40/h3-23H,2H2,1H3/b24-17+,26-18-. The summed E-state index contributed by atoms with van der Waals surface area (Å²) in [4.78, 5) is 5.79. The summed E-state index contributed by atoms with van der Waals surface area (Å²) >= 11 is 1.83. The number of fused-ring (bicyclic) bond motifs is 9. The van der Waals surface area contributed by atoms with E-state index in [0.717, 1.165) is 21.3 Å². The van der Waals surface area contributed by atoms with Crippen molar-refractivity contribution in [3.63, 3.8) is 0 Å². The lowest BCUT2D eigenvalue weighted by Gasteiger charge is -2.10. The van der Waals surface area contributed by atoms with Gasteiger partial charge in [0, 0.05) is 37.8 Å². The molecule has 0 saturated carbocycles. The smallest absolute Gasteiger partial charge is 0.101 e. The van der Waals surface area contributed by atoms with Crippen LogP contribution in [0.1, 0.15) is 11.8 Å². The maximum absolute atomic E-state index is 4.54. The molecule has 0 atom stereocenters. The lowest BCUT2D eigenvalue weighted by molar-refractivity contribution is 1.23. The summed E-state index contributed by atoms with van der Waals surface area (Å²) in [6.45, 7) is 6.50. The van der Waals surface area contributed by atoms with E-state index in [9.17, 15) is 0 Å². The molecule has 3 heterocycles. The van der Waals surface area contributed by atoms with E-state index in [1.54, 1.807) is 0 Å². The van der Waals surface area contributed by atoms with Gasteiger partial charge >= 0.3 is 0 Å². The highest BCUT2D eigenvalue weighted by Crippen LogP contribution is 2.43. The van der Waals surface area contributed by atoms with E-state index in [0.29, 0.717) is 0 Å². The van der Waals surface area contributed by atoms with Gasteiger partial charge in [0.15, 0.2) is 0 Å². The third-order valence-corrected chi connectivity index (χ3v) is 9.38. The molecule has 2 nitrogen and oxygen atoms in total. The Morgan fingerprint density at radius 3 is 2.27 bits per heavy atom. The van der Waals surface area contributed by atoms with E-state index < -0.39 is 0 Å². The third-order valence-electron chi connectivity index (χ3n) is 8.17. The van der Waals surface area contributed by atoms with E-state index in [-0.39, 0.29) is 0 Å². The van der Waals surface area contributed by atoms with Crippen LogP contribution >= 0.6 is 11.3 Å². The molecule has 5 aromatic carbocycles. The number of hydrogen-bond donors (Lipinski definition) is 0. The lowest BCUT2D eigenvalue weighted by atomic mass is 9.97. The number of rotatable bonds is 3. The van der Waals surface area contributed by atoms with Gasteiger partial charge in [-0.25, -0.2) is 0 Å². The fraction of sp³-hybridized carbons (Fsp3) is 0.0263. The second-order valence-corrected chi connectivity index (χ2v) is 11.6. The number of aromatic nitrogens is 2. The molecule has 8 rings (SSSR count). The monoisotopic (exact) mass is 542 g/mol. The molecule has 194 valence electrons. The maximum Gasteiger partial charge on any atom is 0.101 e. The second-order valence-electron chi connectivity index (χ2n) is 10.5. The van der Waals surface area contributed by atoms with Crippen molar-refractivity contribution in [1.82, 2.24) is 9.55 Å². The highest BCUT2D eigenvalue weighted by Gasteiger charge is 2.19. The molecule has 0 aliphatic rings. The van der Waals surface area contributed by atoms with Crippen molar-refractivity contribution in [3.8, 4) is 5.00 Å². The highest BCUT2D eigenvalue weighted by atomic mass is 32.1.